The molecule has 0 bridgehead atoms. The lowest BCUT2D eigenvalue weighted by atomic mass is 10.0. The summed E-state index contributed by atoms with van der Waals surface area (Å²) in [6.45, 7) is 7.61. The van der Waals surface area contributed by atoms with Crippen LogP contribution in [0.2, 0.25) is 0 Å². The molecular weight excluding hydrogens is 1160 g/mol. The molecular formula is C60H64F6N14O8. The smallest absolute Gasteiger partial charge is 0.433 e. The molecule has 2 aliphatic rings. The van der Waals surface area contributed by atoms with Crippen molar-refractivity contribution in [3.05, 3.63) is 154 Å². The van der Waals surface area contributed by atoms with Crippen LogP contribution in [0, 0.1) is 13.8 Å². The molecule has 2 saturated heterocycles. The second-order valence-corrected chi connectivity index (χ2v) is 21.1. The minimum absolute atomic E-state index is 0.0553. The van der Waals surface area contributed by atoms with Crippen molar-refractivity contribution in [1.82, 2.24) is 48.8 Å². The molecule has 22 nitrogen and oxygen atoms in total. The highest BCUT2D eigenvalue weighted by Crippen LogP contribution is 2.40. The average molecular weight is 1220 g/mol. The summed E-state index contributed by atoms with van der Waals surface area (Å²) in [6, 6.07) is 23.6. The number of aliphatic hydroxyl groups is 2. The Morgan fingerprint density at radius 2 is 0.932 bits per heavy atom. The predicted octanol–water partition coefficient (Wildman–Crippen LogP) is 8.21. The number of aliphatic hydroxyl groups excluding tert-OH is 2. The maximum atomic E-state index is 14.4. The Hall–Kier alpha value is -9.38. The molecule has 6 heterocycles. The summed E-state index contributed by atoms with van der Waals surface area (Å²) in [4.78, 5) is 66.9. The molecule has 4 aromatic heterocycles. The lowest BCUT2D eigenvalue weighted by Crippen LogP contribution is -2.55. The second kappa shape index (κ2) is 25.9. The summed E-state index contributed by atoms with van der Waals surface area (Å²) in [5.74, 6) is 0.0585. The SMILES string of the molecule is COc1ccc(-c2nc3c(C(=O)N4CCN([C@@H](CO)c5ccccc5NC(N)=O)C[C@H]4C)cnn3c(C(F)(F)F)c2C)cc1.COc1ccc(-c2nc3c(C(=O)N4CCN([C@H](CO)c5ccccc5NC(N)=O)C[C@H]4C)cnn3c(C(F)(F)F)c2C)cc1. The summed E-state index contributed by atoms with van der Waals surface area (Å²) < 4.78 is 97.8. The van der Waals surface area contributed by atoms with Gasteiger partial charge in [-0.1, -0.05) is 36.4 Å². The van der Waals surface area contributed by atoms with Crippen LogP contribution in [0.3, 0.4) is 0 Å². The van der Waals surface area contributed by atoms with Gasteiger partial charge in [0.1, 0.15) is 22.6 Å². The number of ether oxygens (including phenoxy) is 2. The number of amides is 6. The number of rotatable bonds is 14. The first kappa shape index (κ1) is 63.1. The van der Waals surface area contributed by atoms with Crippen molar-refractivity contribution in [2.24, 2.45) is 11.5 Å². The maximum absolute atomic E-state index is 14.4. The summed E-state index contributed by atoms with van der Waals surface area (Å²) in [5.41, 5.74) is 11.1. The summed E-state index contributed by atoms with van der Waals surface area (Å²) in [5, 5.41) is 33.7. The normalized spacial score (nSPS) is 16.6. The Bertz CT molecular complexity index is 3630. The minimum Gasteiger partial charge on any atom is -0.497 e. The number of aromatic nitrogens is 6. The number of nitrogens with two attached hydrogens (primary N) is 2. The number of hydrogen-bond acceptors (Lipinski definition) is 14. The van der Waals surface area contributed by atoms with E-state index in [0.29, 0.717) is 80.3 Å². The number of carbonyl (C=O) groups excluding carboxylic acids is 4. The van der Waals surface area contributed by atoms with E-state index in [9.17, 15) is 55.7 Å². The average Bonchev–Trinajstić information content (AvgIpc) is 2.05. The lowest BCUT2D eigenvalue weighted by molar-refractivity contribution is -0.144. The van der Waals surface area contributed by atoms with Crippen molar-refractivity contribution in [3.63, 3.8) is 0 Å². The molecule has 10 rings (SSSR count). The van der Waals surface area contributed by atoms with Gasteiger partial charge in [0.15, 0.2) is 22.7 Å². The largest absolute Gasteiger partial charge is 0.497 e. The quantitative estimate of drug-likeness (QED) is 0.0560. The van der Waals surface area contributed by atoms with Crippen molar-refractivity contribution in [3.8, 4) is 34.0 Å². The highest BCUT2D eigenvalue weighted by atomic mass is 19.4. The molecule has 464 valence electrons. The first-order valence-electron chi connectivity index (χ1n) is 27.7. The number of fused-ring (bicyclic) bond motifs is 2. The number of anilines is 2. The zero-order valence-electron chi connectivity index (χ0n) is 48.6. The summed E-state index contributed by atoms with van der Waals surface area (Å²) in [7, 11) is 2.98. The first-order valence-corrected chi connectivity index (χ1v) is 27.7. The molecule has 4 aromatic carbocycles. The van der Waals surface area contributed by atoms with Gasteiger partial charge in [0.25, 0.3) is 11.8 Å². The Kier molecular flexibility index (Phi) is 18.6. The van der Waals surface area contributed by atoms with Gasteiger partial charge in [-0.3, -0.25) is 19.4 Å². The standard InChI is InChI=1S/2C30H32F3N7O4/c2*1-17-15-38(24(16-41)21-6-4-5-7-23(21)36-29(34)43)12-13-39(17)28(42)22-14-35-40-26(30(31,32)33)18(2)25(37-27(22)40)19-8-10-20(44-3)11-9-19/h2*4-11,14,17,24,41H,12-13,15-16H2,1-3H3,(H3,34,36,43)/t17-,24+;17-,24-/m11/s1. The molecule has 0 unspecified atom stereocenters. The number of methoxy groups -OCH3 is 2. The van der Waals surface area contributed by atoms with E-state index in [1.807, 2.05) is 23.6 Å². The molecule has 0 radical (unpaired) electrons. The van der Waals surface area contributed by atoms with Gasteiger partial charge in [0, 0.05) is 85.0 Å². The summed E-state index contributed by atoms with van der Waals surface area (Å²) in [6.07, 6.45) is -7.29. The molecule has 4 atom stereocenters. The van der Waals surface area contributed by atoms with E-state index in [1.54, 1.807) is 107 Å². The van der Waals surface area contributed by atoms with Gasteiger partial charge in [0.2, 0.25) is 0 Å². The van der Waals surface area contributed by atoms with E-state index in [-0.39, 0.29) is 83.3 Å². The fourth-order valence-corrected chi connectivity index (χ4v) is 11.5. The monoisotopic (exact) mass is 1220 g/mol. The highest BCUT2D eigenvalue weighted by molar-refractivity contribution is 6.01. The van der Waals surface area contributed by atoms with Gasteiger partial charge >= 0.3 is 24.4 Å². The minimum atomic E-state index is -4.77. The van der Waals surface area contributed by atoms with Crippen LogP contribution in [0.25, 0.3) is 33.8 Å². The molecule has 8 aromatic rings. The molecule has 2 fully saturated rings. The molecule has 28 heteroatoms. The zero-order chi connectivity index (χ0) is 63.5. The molecule has 88 heavy (non-hydrogen) atoms. The van der Waals surface area contributed by atoms with Gasteiger partial charge in [-0.2, -0.15) is 36.5 Å². The molecule has 0 saturated carbocycles. The number of nitrogens with one attached hydrogen (secondary N) is 2. The number of para-hydroxylation sites is 2. The van der Waals surface area contributed by atoms with Crippen molar-refractivity contribution < 1.29 is 65.2 Å². The van der Waals surface area contributed by atoms with Crippen molar-refractivity contribution in [2.45, 2.75) is 64.2 Å². The first-order chi connectivity index (χ1) is 41.9. The van der Waals surface area contributed by atoms with Gasteiger partial charge < -0.3 is 51.6 Å². The number of piperazine rings is 2. The number of primary amides is 2. The number of nitrogens with zero attached hydrogens (tertiary/aromatic N) is 10. The molecule has 8 N–H and O–H groups in total. The third-order valence-electron chi connectivity index (χ3n) is 15.7. The number of benzene rings is 4. The third-order valence-corrected chi connectivity index (χ3v) is 15.7. The Labute approximate surface area is 500 Å². The van der Waals surface area contributed by atoms with E-state index in [1.165, 1.54) is 28.1 Å². The van der Waals surface area contributed by atoms with Crippen LogP contribution in [0.5, 0.6) is 11.5 Å². The zero-order valence-corrected chi connectivity index (χ0v) is 48.6. The van der Waals surface area contributed by atoms with Crippen LogP contribution in [0.4, 0.5) is 47.3 Å². The Balaban J connectivity index is 0.000000209. The van der Waals surface area contributed by atoms with Crippen molar-refractivity contribution in [1.29, 1.82) is 0 Å². The predicted molar refractivity (Wildman–Crippen MR) is 313 cm³/mol. The number of alkyl halides is 6. The van der Waals surface area contributed by atoms with Crippen LogP contribution in [0.1, 0.15) is 80.3 Å². The number of carbonyl (C=O) groups is 4. The molecule has 0 aliphatic carbocycles. The maximum Gasteiger partial charge on any atom is 0.433 e. The van der Waals surface area contributed by atoms with Crippen LogP contribution >= 0.6 is 0 Å². The number of hydrogen-bond donors (Lipinski definition) is 6. The topological polar surface area (TPSA) is 277 Å². The highest BCUT2D eigenvalue weighted by Gasteiger charge is 2.42. The van der Waals surface area contributed by atoms with Crippen LogP contribution in [-0.4, -0.2) is 162 Å². The lowest BCUT2D eigenvalue weighted by Gasteiger charge is -2.43. The van der Waals surface area contributed by atoms with E-state index in [4.69, 9.17) is 20.9 Å². The fourth-order valence-electron chi connectivity index (χ4n) is 11.5. The van der Waals surface area contributed by atoms with E-state index >= 15 is 0 Å². The molecule has 2 aliphatic heterocycles. The van der Waals surface area contributed by atoms with Crippen LogP contribution < -0.4 is 31.6 Å². The Morgan fingerprint density at radius 1 is 0.580 bits per heavy atom. The number of halogens is 6. The van der Waals surface area contributed by atoms with Gasteiger partial charge in [-0.25, -0.2) is 28.6 Å². The van der Waals surface area contributed by atoms with Gasteiger partial charge in [-0.15, -0.1) is 0 Å². The van der Waals surface area contributed by atoms with E-state index < -0.39 is 59.7 Å². The van der Waals surface area contributed by atoms with Crippen LogP contribution in [0.15, 0.2) is 109 Å². The van der Waals surface area contributed by atoms with Crippen LogP contribution in [-0.2, 0) is 12.4 Å². The fraction of sp³-hybridized carbons (Fsp3) is 0.333. The Morgan fingerprint density at radius 3 is 1.24 bits per heavy atom. The molecule has 0 spiro atoms. The van der Waals surface area contributed by atoms with E-state index in [0.717, 1.165) is 12.4 Å². The summed E-state index contributed by atoms with van der Waals surface area (Å²) >= 11 is 0. The van der Waals surface area contributed by atoms with Crippen molar-refractivity contribution >= 4 is 46.5 Å². The van der Waals surface area contributed by atoms with Crippen molar-refractivity contribution in [2.75, 3.05) is 77.3 Å². The van der Waals surface area contributed by atoms with Gasteiger partial charge in [-0.05, 0) is 99.5 Å². The third kappa shape index (κ3) is 12.9. The second-order valence-electron chi connectivity index (χ2n) is 21.1. The molecule has 6 amide bonds. The van der Waals surface area contributed by atoms with Gasteiger partial charge in [0.05, 0.1) is 63.3 Å². The number of urea groups is 2. The van der Waals surface area contributed by atoms with E-state index in [2.05, 4.69) is 30.8 Å².